The lowest BCUT2D eigenvalue weighted by atomic mass is 10.2. The molecule has 1 aromatic carbocycles. The number of anilines is 2. The highest BCUT2D eigenvalue weighted by Gasteiger charge is 2.12. The van der Waals surface area contributed by atoms with E-state index in [9.17, 15) is 9.00 Å². The van der Waals surface area contributed by atoms with Gasteiger partial charge in [0.25, 0.3) is 0 Å². The molecule has 1 amide bonds. The van der Waals surface area contributed by atoms with Gasteiger partial charge in [-0.1, -0.05) is 23.1 Å². The fourth-order valence-corrected chi connectivity index (χ4v) is 3.72. The van der Waals surface area contributed by atoms with Crippen molar-refractivity contribution >= 4 is 39.7 Å². The van der Waals surface area contributed by atoms with Crippen LogP contribution in [0.4, 0.5) is 16.4 Å². The number of rotatable bonds is 8. The van der Waals surface area contributed by atoms with Crippen LogP contribution in [0.25, 0.3) is 10.4 Å². The zero-order chi connectivity index (χ0) is 21.3. The number of hydrogen-bond donors (Lipinski definition) is 2. The molecule has 3 rings (SSSR count). The second kappa shape index (κ2) is 10.7. The Morgan fingerprint density at radius 2 is 2.10 bits per heavy atom. The molecule has 2 N–H and O–H groups in total. The molecular weight excluding hydrogens is 428 g/mol. The van der Waals surface area contributed by atoms with Gasteiger partial charge in [0.2, 0.25) is 11.8 Å². The van der Waals surface area contributed by atoms with Crippen molar-refractivity contribution in [1.29, 1.82) is 0 Å². The van der Waals surface area contributed by atoms with E-state index in [2.05, 4.69) is 24.4 Å². The van der Waals surface area contributed by atoms with Crippen LogP contribution in [0.1, 0.15) is 6.92 Å². The van der Waals surface area contributed by atoms with Gasteiger partial charge in [-0.15, -0.1) is 21.9 Å². The quantitative estimate of drug-likeness (QED) is 0.497. The number of ether oxygens (including phenoxy) is 2. The summed E-state index contributed by atoms with van der Waals surface area (Å²) in [5.41, 5.74) is 1.37. The summed E-state index contributed by atoms with van der Waals surface area (Å²) in [5, 5.41) is 14.0. The number of carbonyl (C=O) groups is 1. The zero-order valence-corrected chi connectivity index (χ0v) is 17.6. The normalized spacial score (nSPS) is 11.8. The number of hydrogen-bond acceptors (Lipinski definition) is 10. The molecule has 0 bridgehead atoms. The van der Waals surface area contributed by atoms with Gasteiger partial charge >= 0.3 is 6.09 Å². The second-order valence-corrected chi connectivity index (χ2v) is 7.75. The predicted octanol–water partition coefficient (Wildman–Crippen LogP) is 3.98. The maximum Gasteiger partial charge on any atom is 0.410 e. The predicted molar refractivity (Wildman–Crippen MR) is 113 cm³/mol. The number of amides is 1. The Bertz CT molecular complexity index is 1070. The minimum atomic E-state index is -1.85. The van der Waals surface area contributed by atoms with Gasteiger partial charge in [-0.3, -0.25) is 4.36 Å². The minimum absolute atomic E-state index is 0.110. The number of aliphatic hydroxyl groups is 1. The molecule has 0 spiro atoms. The van der Waals surface area contributed by atoms with Crippen LogP contribution < -0.4 is 10.1 Å². The molecule has 9 nitrogen and oxygen atoms in total. The summed E-state index contributed by atoms with van der Waals surface area (Å²) in [6.07, 6.45) is 0.780. The third-order valence-electron chi connectivity index (χ3n) is 3.61. The van der Waals surface area contributed by atoms with Gasteiger partial charge in [0.05, 0.1) is 18.8 Å². The molecule has 0 aliphatic rings. The zero-order valence-electron chi connectivity index (χ0n) is 16.0. The van der Waals surface area contributed by atoms with Gasteiger partial charge in [0.1, 0.15) is 6.61 Å². The van der Waals surface area contributed by atoms with Crippen LogP contribution in [0.2, 0.25) is 0 Å². The summed E-state index contributed by atoms with van der Waals surface area (Å²) in [6.45, 7) is 1.79. The maximum atomic E-state index is 12.1. The Balaban J connectivity index is 1.77. The standard InChI is InChI=1S/C19H19N4O5S2/c1-2-27-19(25)23-30(26)14-7-5-13(6-8-14)21-18-20-12-15(16-4-3-11-29-16)17(22-18)28-10-9-24/h3-8,11-12,24H,2,9-10H2,1H3,(H,20,21,22)/q-1. The Labute approximate surface area is 178 Å². The van der Waals surface area contributed by atoms with Crippen LogP contribution in [-0.4, -0.2) is 41.0 Å². The first-order valence-electron chi connectivity index (χ1n) is 8.92. The van der Waals surface area contributed by atoms with Crippen molar-refractivity contribution in [2.75, 3.05) is 25.1 Å². The van der Waals surface area contributed by atoms with Gasteiger partial charge in [-0.2, -0.15) is 4.98 Å². The third-order valence-corrected chi connectivity index (χ3v) is 5.50. The van der Waals surface area contributed by atoms with E-state index in [0.29, 0.717) is 22.4 Å². The highest BCUT2D eigenvalue weighted by molar-refractivity contribution is 7.75. The number of aliphatic hydroxyl groups excluding tert-OH is 1. The number of nitrogens with one attached hydrogen (secondary N) is 1. The van der Waals surface area contributed by atoms with Gasteiger partial charge in [0, 0.05) is 16.8 Å². The van der Waals surface area contributed by atoms with Crippen molar-refractivity contribution in [3.8, 4) is 16.3 Å². The van der Waals surface area contributed by atoms with Crippen LogP contribution in [0.3, 0.4) is 0 Å². The van der Waals surface area contributed by atoms with Gasteiger partial charge in [-0.25, -0.2) is 9.78 Å². The van der Waals surface area contributed by atoms with Crippen LogP contribution in [0.15, 0.2) is 57.2 Å². The highest BCUT2D eigenvalue weighted by Crippen LogP contribution is 2.32. The Morgan fingerprint density at radius 3 is 2.77 bits per heavy atom. The van der Waals surface area contributed by atoms with Crippen molar-refractivity contribution in [3.05, 3.63) is 48.0 Å². The molecular formula is C19H19N4O5S2-. The molecule has 0 atom stereocenters. The van der Waals surface area contributed by atoms with E-state index in [1.54, 1.807) is 37.4 Å². The largest absolute Gasteiger partial charge is 0.475 e. The van der Waals surface area contributed by atoms with Crippen molar-refractivity contribution < 1.29 is 23.6 Å². The maximum absolute atomic E-state index is 12.1. The molecule has 0 saturated carbocycles. The van der Waals surface area contributed by atoms with Crippen molar-refractivity contribution in [2.45, 2.75) is 11.8 Å². The first kappa shape index (κ1) is 21.7. The molecule has 2 heterocycles. The van der Waals surface area contributed by atoms with E-state index in [1.165, 1.54) is 11.3 Å². The fourth-order valence-electron chi connectivity index (χ4n) is 2.33. The molecule has 3 aromatic rings. The summed E-state index contributed by atoms with van der Waals surface area (Å²) in [6, 6.07) is 10.3. The number of thiophene rings is 1. The number of nitrogens with zero attached hydrogens (tertiary/aromatic N) is 3. The molecule has 30 heavy (non-hydrogen) atoms. The summed E-state index contributed by atoms with van der Waals surface area (Å²) < 4.78 is 25.7. The first-order valence-corrected chi connectivity index (χ1v) is 10.9. The molecule has 11 heteroatoms. The molecule has 0 saturated heterocycles. The topological polar surface area (TPSA) is 123 Å². The van der Waals surface area contributed by atoms with Crippen LogP contribution in [0.5, 0.6) is 5.88 Å². The summed E-state index contributed by atoms with van der Waals surface area (Å²) in [4.78, 5) is 21.3. The average molecular weight is 448 g/mol. The average Bonchev–Trinajstić information content (AvgIpc) is 3.27. The molecule has 0 aliphatic carbocycles. The lowest BCUT2D eigenvalue weighted by Crippen LogP contribution is -2.06. The number of aromatic nitrogens is 2. The Kier molecular flexibility index (Phi) is 7.71. The van der Waals surface area contributed by atoms with E-state index in [0.717, 1.165) is 10.4 Å². The van der Waals surface area contributed by atoms with Gasteiger partial charge in [-0.05, 0) is 30.5 Å². The van der Waals surface area contributed by atoms with E-state index in [1.807, 2.05) is 17.5 Å². The van der Waals surface area contributed by atoms with Crippen molar-refractivity contribution in [1.82, 2.24) is 9.97 Å². The third kappa shape index (κ3) is 5.75. The Morgan fingerprint density at radius 1 is 1.30 bits per heavy atom. The summed E-state index contributed by atoms with van der Waals surface area (Å²) >= 11 is 1.53. The first-order chi connectivity index (χ1) is 14.6. The molecule has 2 aromatic heterocycles. The summed E-state index contributed by atoms with van der Waals surface area (Å²) in [5.74, 6) is 0.656. The molecule has 0 fully saturated rings. The van der Waals surface area contributed by atoms with E-state index in [-0.39, 0.29) is 19.8 Å². The number of benzene rings is 1. The van der Waals surface area contributed by atoms with E-state index < -0.39 is 16.7 Å². The second-order valence-electron chi connectivity index (χ2n) is 5.65. The highest BCUT2D eigenvalue weighted by atomic mass is 32.2. The fraction of sp³-hybridized carbons (Fsp3) is 0.211. The van der Waals surface area contributed by atoms with Crippen molar-refractivity contribution in [3.63, 3.8) is 0 Å². The Hall–Kier alpha value is -3.02. The SMILES string of the molecule is CCOC(=O)N=[S-](=O)c1ccc(Nc2ncc(-c3cccs3)c(OCCO)n2)cc1. The van der Waals surface area contributed by atoms with Crippen LogP contribution in [0, 0.1) is 0 Å². The molecule has 0 radical (unpaired) electrons. The van der Waals surface area contributed by atoms with Crippen molar-refractivity contribution in [2.24, 2.45) is 4.36 Å². The minimum Gasteiger partial charge on any atom is -0.475 e. The number of carbonyl (C=O) groups excluding carboxylic acids is 1. The molecule has 158 valence electrons. The van der Waals surface area contributed by atoms with Crippen LogP contribution in [-0.2, 0) is 19.5 Å². The smallest absolute Gasteiger partial charge is 0.410 e. The molecule has 0 aliphatic heterocycles. The van der Waals surface area contributed by atoms with E-state index >= 15 is 0 Å². The van der Waals surface area contributed by atoms with E-state index in [4.69, 9.17) is 9.84 Å². The summed E-state index contributed by atoms with van der Waals surface area (Å²) in [7, 11) is -1.85. The molecule has 0 unspecified atom stereocenters. The van der Waals surface area contributed by atoms with Crippen LogP contribution >= 0.6 is 11.3 Å². The van der Waals surface area contributed by atoms with Gasteiger partial charge < -0.3 is 24.1 Å². The monoisotopic (exact) mass is 447 g/mol. The lowest BCUT2D eigenvalue weighted by molar-refractivity contribution is 0.164. The lowest BCUT2D eigenvalue weighted by Gasteiger charge is -2.12. The van der Waals surface area contributed by atoms with Gasteiger partial charge in [0.15, 0.2) is 0 Å².